The van der Waals surface area contributed by atoms with Gasteiger partial charge in [-0.1, -0.05) is 24.3 Å². The SMILES string of the molecule is COc1ccc(/C=C/C(=O)Nc2cccc(-c3ccc(N4CCOCC4)nn3)c2)cc1. The van der Waals surface area contributed by atoms with E-state index in [9.17, 15) is 4.79 Å². The number of hydrogen-bond donors (Lipinski definition) is 1. The molecule has 1 fully saturated rings. The summed E-state index contributed by atoms with van der Waals surface area (Å²) >= 11 is 0. The zero-order valence-electron chi connectivity index (χ0n) is 17.3. The van der Waals surface area contributed by atoms with Crippen LogP contribution in [0.3, 0.4) is 0 Å². The normalized spacial score (nSPS) is 13.9. The lowest BCUT2D eigenvalue weighted by Crippen LogP contribution is -2.36. The van der Waals surface area contributed by atoms with E-state index in [1.165, 1.54) is 6.08 Å². The Morgan fingerprint density at radius 3 is 2.58 bits per heavy atom. The van der Waals surface area contributed by atoms with E-state index in [1.807, 2.05) is 60.7 Å². The number of anilines is 2. The number of nitrogens with zero attached hydrogens (tertiary/aromatic N) is 3. The van der Waals surface area contributed by atoms with Crippen LogP contribution in [0.2, 0.25) is 0 Å². The van der Waals surface area contributed by atoms with Crippen LogP contribution in [0, 0.1) is 0 Å². The van der Waals surface area contributed by atoms with E-state index in [0.29, 0.717) is 18.9 Å². The molecule has 1 saturated heterocycles. The largest absolute Gasteiger partial charge is 0.497 e. The molecule has 1 aliphatic rings. The molecule has 3 aromatic rings. The average molecular weight is 416 g/mol. The van der Waals surface area contributed by atoms with Crippen molar-refractivity contribution in [2.75, 3.05) is 43.6 Å². The van der Waals surface area contributed by atoms with Crippen molar-refractivity contribution in [3.63, 3.8) is 0 Å². The van der Waals surface area contributed by atoms with E-state index >= 15 is 0 Å². The molecule has 0 radical (unpaired) electrons. The fourth-order valence-corrected chi connectivity index (χ4v) is 3.27. The molecule has 1 aromatic heterocycles. The van der Waals surface area contributed by atoms with Gasteiger partial charge in [0.25, 0.3) is 0 Å². The quantitative estimate of drug-likeness (QED) is 0.619. The smallest absolute Gasteiger partial charge is 0.248 e. The first-order valence-corrected chi connectivity index (χ1v) is 10.1. The molecule has 1 N–H and O–H groups in total. The highest BCUT2D eigenvalue weighted by atomic mass is 16.5. The summed E-state index contributed by atoms with van der Waals surface area (Å²) < 4.78 is 10.5. The predicted octanol–water partition coefficient (Wildman–Crippen LogP) is 3.64. The lowest BCUT2D eigenvalue weighted by Gasteiger charge is -2.27. The summed E-state index contributed by atoms with van der Waals surface area (Å²) in [7, 11) is 1.62. The van der Waals surface area contributed by atoms with Crippen molar-refractivity contribution in [1.82, 2.24) is 10.2 Å². The Labute approximate surface area is 181 Å². The molecular formula is C24H24N4O3. The number of rotatable bonds is 6. The summed E-state index contributed by atoms with van der Waals surface area (Å²) in [4.78, 5) is 14.5. The zero-order valence-corrected chi connectivity index (χ0v) is 17.3. The highest BCUT2D eigenvalue weighted by Gasteiger charge is 2.13. The second kappa shape index (κ2) is 9.86. The van der Waals surface area contributed by atoms with E-state index in [-0.39, 0.29) is 5.91 Å². The van der Waals surface area contributed by atoms with Gasteiger partial charge >= 0.3 is 0 Å². The van der Waals surface area contributed by atoms with Crippen LogP contribution >= 0.6 is 0 Å². The van der Waals surface area contributed by atoms with Gasteiger partial charge in [-0.25, -0.2) is 0 Å². The van der Waals surface area contributed by atoms with Crippen LogP contribution in [0.25, 0.3) is 17.3 Å². The number of nitrogens with one attached hydrogen (secondary N) is 1. The Morgan fingerprint density at radius 2 is 1.87 bits per heavy atom. The minimum atomic E-state index is -0.207. The van der Waals surface area contributed by atoms with E-state index in [2.05, 4.69) is 20.4 Å². The van der Waals surface area contributed by atoms with Gasteiger partial charge in [0, 0.05) is 30.4 Å². The van der Waals surface area contributed by atoms with E-state index in [0.717, 1.165) is 41.5 Å². The topological polar surface area (TPSA) is 76.6 Å². The van der Waals surface area contributed by atoms with Crippen molar-refractivity contribution in [2.45, 2.75) is 0 Å². The molecule has 0 unspecified atom stereocenters. The van der Waals surface area contributed by atoms with Gasteiger partial charge in [0.1, 0.15) is 5.75 Å². The molecule has 0 bridgehead atoms. The van der Waals surface area contributed by atoms with Gasteiger partial charge in [-0.15, -0.1) is 10.2 Å². The molecule has 0 atom stereocenters. The van der Waals surface area contributed by atoms with Crippen molar-refractivity contribution in [1.29, 1.82) is 0 Å². The third-order valence-electron chi connectivity index (χ3n) is 4.95. The molecule has 4 rings (SSSR count). The molecule has 0 aliphatic carbocycles. The maximum Gasteiger partial charge on any atom is 0.248 e. The van der Waals surface area contributed by atoms with Crippen LogP contribution in [-0.2, 0) is 9.53 Å². The standard InChI is InChI=1S/C24H24N4O3/c1-30-21-8-5-18(6-9-21)7-12-24(29)25-20-4-2-3-19(17-20)22-10-11-23(27-26-22)28-13-15-31-16-14-28/h2-12,17H,13-16H2,1H3,(H,25,29)/b12-7+. The van der Waals surface area contributed by atoms with E-state index < -0.39 is 0 Å². The predicted molar refractivity (Wildman–Crippen MR) is 121 cm³/mol. The summed E-state index contributed by atoms with van der Waals surface area (Å²) in [5.41, 5.74) is 3.25. The number of carbonyl (C=O) groups is 1. The second-order valence-electron chi connectivity index (χ2n) is 7.05. The molecule has 1 amide bonds. The van der Waals surface area contributed by atoms with Crippen molar-refractivity contribution >= 4 is 23.5 Å². The first-order valence-electron chi connectivity index (χ1n) is 10.1. The first kappa shape index (κ1) is 20.6. The van der Waals surface area contributed by atoms with Gasteiger partial charge in [-0.05, 0) is 48.0 Å². The maximum atomic E-state index is 12.3. The lowest BCUT2D eigenvalue weighted by molar-refractivity contribution is -0.111. The highest BCUT2D eigenvalue weighted by molar-refractivity contribution is 6.02. The third-order valence-corrected chi connectivity index (χ3v) is 4.95. The summed E-state index contributed by atoms with van der Waals surface area (Å²) in [6.45, 7) is 3.05. The third kappa shape index (κ3) is 5.46. The Bertz CT molecular complexity index is 1040. The van der Waals surface area contributed by atoms with Gasteiger partial charge in [0.2, 0.25) is 5.91 Å². The fourth-order valence-electron chi connectivity index (χ4n) is 3.27. The van der Waals surface area contributed by atoms with Crippen molar-refractivity contribution < 1.29 is 14.3 Å². The molecule has 7 heteroatoms. The maximum absolute atomic E-state index is 12.3. The molecule has 31 heavy (non-hydrogen) atoms. The Kier molecular flexibility index (Phi) is 6.54. The number of aromatic nitrogens is 2. The summed E-state index contributed by atoms with van der Waals surface area (Å²) in [6, 6.07) is 19.0. The number of methoxy groups -OCH3 is 1. The van der Waals surface area contributed by atoms with Crippen LogP contribution < -0.4 is 15.0 Å². The van der Waals surface area contributed by atoms with Gasteiger partial charge < -0.3 is 19.7 Å². The monoisotopic (exact) mass is 416 g/mol. The zero-order chi connectivity index (χ0) is 21.5. The van der Waals surface area contributed by atoms with Crippen molar-refractivity contribution in [3.8, 4) is 17.0 Å². The number of hydrogen-bond acceptors (Lipinski definition) is 6. The number of carbonyl (C=O) groups excluding carboxylic acids is 1. The number of benzene rings is 2. The molecule has 2 heterocycles. The van der Waals surface area contributed by atoms with Gasteiger partial charge in [0.05, 0.1) is 26.0 Å². The summed E-state index contributed by atoms with van der Waals surface area (Å²) in [6.07, 6.45) is 3.26. The molecule has 158 valence electrons. The fraction of sp³-hybridized carbons (Fsp3) is 0.208. The van der Waals surface area contributed by atoms with Crippen LogP contribution in [0.1, 0.15) is 5.56 Å². The van der Waals surface area contributed by atoms with E-state index in [1.54, 1.807) is 13.2 Å². The van der Waals surface area contributed by atoms with Crippen molar-refractivity contribution in [2.24, 2.45) is 0 Å². The average Bonchev–Trinajstić information content (AvgIpc) is 2.84. The van der Waals surface area contributed by atoms with Crippen LogP contribution in [-0.4, -0.2) is 49.5 Å². The Morgan fingerprint density at radius 1 is 1.06 bits per heavy atom. The number of amides is 1. The number of ether oxygens (including phenoxy) is 2. The highest BCUT2D eigenvalue weighted by Crippen LogP contribution is 2.22. The first-order chi connectivity index (χ1) is 15.2. The van der Waals surface area contributed by atoms with Gasteiger partial charge in [-0.2, -0.15) is 0 Å². The van der Waals surface area contributed by atoms with E-state index in [4.69, 9.17) is 9.47 Å². The van der Waals surface area contributed by atoms with Crippen LogP contribution in [0.15, 0.2) is 66.7 Å². The minimum absolute atomic E-state index is 0.207. The summed E-state index contributed by atoms with van der Waals surface area (Å²) in [5.74, 6) is 1.42. The molecule has 0 spiro atoms. The van der Waals surface area contributed by atoms with Crippen LogP contribution in [0.4, 0.5) is 11.5 Å². The Hall–Kier alpha value is -3.71. The minimum Gasteiger partial charge on any atom is -0.497 e. The molecule has 1 aliphatic heterocycles. The number of morpholine rings is 1. The van der Waals surface area contributed by atoms with Gasteiger partial charge in [-0.3, -0.25) is 4.79 Å². The van der Waals surface area contributed by atoms with Crippen molar-refractivity contribution in [3.05, 3.63) is 72.3 Å². The van der Waals surface area contributed by atoms with Crippen LogP contribution in [0.5, 0.6) is 5.75 Å². The molecular weight excluding hydrogens is 392 g/mol. The Balaban J connectivity index is 1.40. The molecule has 2 aromatic carbocycles. The molecule has 7 nitrogen and oxygen atoms in total. The lowest BCUT2D eigenvalue weighted by atomic mass is 10.1. The second-order valence-corrected chi connectivity index (χ2v) is 7.05. The van der Waals surface area contributed by atoms with Gasteiger partial charge in [0.15, 0.2) is 5.82 Å². The summed E-state index contributed by atoms with van der Waals surface area (Å²) in [5, 5.41) is 11.6. The molecule has 0 saturated carbocycles.